The standard InChI is InChI=1S/C22H25FN2O2/c1-17-4-2-6-19(16-17)22(27)25-14-12-24(13-15-25)21(26)7-3-5-18-8-10-20(23)11-9-18/h2,4,6,8-11,16H,3,5,7,12-15H2,1H3. The molecule has 4 nitrogen and oxygen atoms in total. The van der Waals surface area contributed by atoms with Gasteiger partial charge in [-0.05, 0) is 49.6 Å². The number of hydrogen-bond donors (Lipinski definition) is 0. The van der Waals surface area contributed by atoms with Crippen molar-refractivity contribution in [3.63, 3.8) is 0 Å². The molecule has 2 aromatic rings. The molecule has 1 aliphatic heterocycles. The second-order valence-electron chi connectivity index (χ2n) is 7.02. The van der Waals surface area contributed by atoms with Gasteiger partial charge in [-0.15, -0.1) is 0 Å². The Morgan fingerprint density at radius 1 is 0.963 bits per heavy atom. The molecule has 5 heteroatoms. The quantitative estimate of drug-likeness (QED) is 0.811. The fourth-order valence-electron chi connectivity index (χ4n) is 3.37. The van der Waals surface area contributed by atoms with Gasteiger partial charge in [0.1, 0.15) is 5.82 Å². The summed E-state index contributed by atoms with van der Waals surface area (Å²) in [7, 11) is 0. The molecule has 0 unspecified atom stereocenters. The first kappa shape index (κ1) is 19.1. The summed E-state index contributed by atoms with van der Waals surface area (Å²) in [5, 5.41) is 0. The Morgan fingerprint density at radius 2 is 1.63 bits per heavy atom. The molecular formula is C22H25FN2O2. The maximum Gasteiger partial charge on any atom is 0.253 e. The van der Waals surface area contributed by atoms with Crippen LogP contribution in [-0.4, -0.2) is 47.8 Å². The molecular weight excluding hydrogens is 343 g/mol. The van der Waals surface area contributed by atoms with Gasteiger partial charge in [-0.2, -0.15) is 0 Å². The first-order chi connectivity index (χ1) is 13.0. The number of halogens is 1. The van der Waals surface area contributed by atoms with E-state index < -0.39 is 0 Å². The Labute approximate surface area is 159 Å². The van der Waals surface area contributed by atoms with Gasteiger partial charge >= 0.3 is 0 Å². The summed E-state index contributed by atoms with van der Waals surface area (Å²) >= 11 is 0. The van der Waals surface area contributed by atoms with Gasteiger partial charge in [0.2, 0.25) is 5.91 Å². The van der Waals surface area contributed by atoms with E-state index in [2.05, 4.69) is 0 Å². The molecule has 3 rings (SSSR count). The smallest absolute Gasteiger partial charge is 0.253 e. The lowest BCUT2D eigenvalue weighted by atomic mass is 10.1. The molecule has 0 atom stereocenters. The fraction of sp³-hybridized carbons (Fsp3) is 0.364. The Morgan fingerprint density at radius 3 is 2.30 bits per heavy atom. The third kappa shape index (κ3) is 5.16. The molecule has 0 aliphatic carbocycles. The Bertz CT molecular complexity index is 796. The first-order valence-corrected chi connectivity index (χ1v) is 9.41. The van der Waals surface area contributed by atoms with Crippen molar-refractivity contribution in [1.29, 1.82) is 0 Å². The molecule has 1 fully saturated rings. The highest BCUT2D eigenvalue weighted by Gasteiger charge is 2.24. The van der Waals surface area contributed by atoms with Crippen molar-refractivity contribution in [2.24, 2.45) is 0 Å². The molecule has 2 aromatic carbocycles. The highest BCUT2D eigenvalue weighted by atomic mass is 19.1. The maximum atomic E-state index is 12.9. The zero-order valence-corrected chi connectivity index (χ0v) is 15.7. The number of carbonyl (C=O) groups excluding carboxylic acids is 2. The van der Waals surface area contributed by atoms with Crippen molar-refractivity contribution < 1.29 is 14.0 Å². The topological polar surface area (TPSA) is 40.6 Å². The molecule has 0 bridgehead atoms. The molecule has 27 heavy (non-hydrogen) atoms. The second-order valence-corrected chi connectivity index (χ2v) is 7.02. The van der Waals surface area contributed by atoms with Crippen LogP contribution >= 0.6 is 0 Å². The Hall–Kier alpha value is -2.69. The van der Waals surface area contributed by atoms with Crippen LogP contribution < -0.4 is 0 Å². The summed E-state index contributed by atoms with van der Waals surface area (Å²) < 4.78 is 12.9. The molecule has 1 heterocycles. The largest absolute Gasteiger partial charge is 0.339 e. The lowest BCUT2D eigenvalue weighted by Crippen LogP contribution is -2.50. The van der Waals surface area contributed by atoms with E-state index in [9.17, 15) is 14.0 Å². The van der Waals surface area contributed by atoms with Crippen LogP contribution in [0.4, 0.5) is 4.39 Å². The summed E-state index contributed by atoms with van der Waals surface area (Å²) in [5.41, 5.74) is 2.81. The monoisotopic (exact) mass is 368 g/mol. The zero-order valence-electron chi connectivity index (χ0n) is 15.7. The van der Waals surface area contributed by atoms with Gasteiger partial charge in [0.25, 0.3) is 5.91 Å². The van der Waals surface area contributed by atoms with E-state index in [1.165, 1.54) is 12.1 Å². The normalized spacial score (nSPS) is 14.3. The van der Waals surface area contributed by atoms with Crippen LogP contribution in [0.3, 0.4) is 0 Å². The van der Waals surface area contributed by atoms with Crippen LogP contribution in [0.1, 0.15) is 34.3 Å². The summed E-state index contributed by atoms with van der Waals surface area (Å²) in [6, 6.07) is 14.0. The summed E-state index contributed by atoms with van der Waals surface area (Å²) in [6.07, 6.45) is 1.98. The predicted molar refractivity (Wildman–Crippen MR) is 103 cm³/mol. The molecule has 0 spiro atoms. The molecule has 0 N–H and O–H groups in total. The minimum absolute atomic E-state index is 0.0297. The van der Waals surface area contributed by atoms with Gasteiger partial charge in [-0.3, -0.25) is 9.59 Å². The van der Waals surface area contributed by atoms with Gasteiger partial charge in [0.15, 0.2) is 0 Å². The number of piperazine rings is 1. The zero-order chi connectivity index (χ0) is 19.2. The van der Waals surface area contributed by atoms with Crippen molar-refractivity contribution in [3.8, 4) is 0 Å². The SMILES string of the molecule is Cc1cccc(C(=O)N2CCN(C(=O)CCCc3ccc(F)cc3)CC2)c1. The number of carbonyl (C=O) groups is 2. The molecule has 0 radical (unpaired) electrons. The van der Waals surface area contributed by atoms with Gasteiger partial charge in [0, 0.05) is 38.2 Å². The minimum atomic E-state index is -0.243. The Kier molecular flexibility index (Phi) is 6.22. The van der Waals surface area contributed by atoms with Crippen LogP contribution in [0.15, 0.2) is 48.5 Å². The van der Waals surface area contributed by atoms with E-state index in [0.29, 0.717) is 38.2 Å². The summed E-state index contributed by atoms with van der Waals surface area (Å²) in [5.74, 6) is -0.0882. The van der Waals surface area contributed by atoms with Crippen molar-refractivity contribution in [2.75, 3.05) is 26.2 Å². The Balaban J connectivity index is 1.43. The lowest BCUT2D eigenvalue weighted by Gasteiger charge is -2.35. The van der Waals surface area contributed by atoms with E-state index in [1.54, 1.807) is 12.1 Å². The van der Waals surface area contributed by atoms with Gasteiger partial charge in [-0.25, -0.2) is 4.39 Å². The molecule has 1 aliphatic rings. The van der Waals surface area contributed by atoms with Gasteiger partial charge in [-0.1, -0.05) is 29.8 Å². The van der Waals surface area contributed by atoms with E-state index in [0.717, 1.165) is 24.0 Å². The number of rotatable bonds is 5. The van der Waals surface area contributed by atoms with Crippen LogP contribution in [0, 0.1) is 12.7 Å². The first-order valence-electron chi connectivity index (χ1n) is 9.41. The van der Waals surface area contributed by atoms with Crippen molar-refractivity contribution in [2.45, 2.75) is 26.2 Å². The average molecular weight is 368 g/mol. The third-order valence-electron chi connectivity index (χ3n) is 4.95. The maximum absolute atomic E-state index is 12.9. The highest BCUT2D eigenvalue weighted by Crippen LogP contribution is 2.13. The molecule has 0 saturated carbocycles. The number of aryl methyl sites for hydroxylation is 2. The van der Waals surface area contributed by atoms with Gasteiger partial charge in [0.05, 0.1) is 0 Å². The molecule has 2 amide bonds. The third-order valence-corrected chi connectivity index (χ3v) is 4.95. The molecule has 0 aromatic heterocycles. The lowest BCUT2D eigenvalue weighted by molar-refractivity contribution is -0.132. The van der Waals surface area contributed by atoms with Crippen molar-refractivity contribution in [1.82, 2.24) is 9.80 Å². The van der Waals surface area contributed by atoms with E-state index in [4.69, 9.17) is 0 Å². The van der Waals surface area contributed by atoms with Gasteiger partial charge < -0.3 is 9.80 Å². The molecule has 142 valence electrons. The minimum Gasteiger partial charge on any atom is -0.339 e. The van der Waals surface area contributed by atoms with Crippen LogP contribution in [0.25, 0.3) is 0 Å². The van der Waals surface area contributed by atoms with Crippen LogP contribution in [-0.2, 0) is 11.2 Å². The summed E-state index contributed by atoms with van der Waals surface area (Å²) in [6.45, 7) is 4.26. The van der Waals surface area contributed by atoms with E-state index in [-0.39, 0.29) is 17.6 Å². The van der Waals surface area contributed by atoms with E-state index >= 15 is 0 Å². The average Bonchev–Trinajstić information content (AvgIpc) is 2.69. The highest BCUT2D eigenvalue weighted by molar-refractivity contribution is 5.94. The van der Waals surface area contributed by atoms with Crippen molar-refractivity contribution in [3.05, 3.63) is 71.0 Å². The van der Waals surface area contributed by atoms with Crippen molar-refractivity contribution >= 4 is 11.8 Å². The summed E-state index contributed by atoms with van der Waals surface area (Å²) in [4.78, 5) is 28.6. The number of nitrogens with zero attached hydrogens (tertiary/aromatic N) is 2. The number of benzene rings is 2. The number of amides is 2. The molecule has 1 saturated heterocycles. The number of hydrogen-bond acceptors (Lipinski definition) is 2. The van der Waals surface area contributed by atoms with Crippen LogP contribution in [0.5, 0.6) is 0 Å². The van der Waals surface area contributed by atoms with Crippen LogP contribution in [0.2, 0.25) is 0 Å². The van der Waals surface area contributed by atoms with E-state index in [1.807, 2.05) is 41.0 Å². The fourth-order valence-corrected chi connectivity index (χ4v) is 3.37. The predicted octanol–water partition coefficient (Wildman–Crippen LogP) is 3.44. The second kappa shape index (κ2) is 8.80.